The lowest BCUT2D eigenvalue weighted by molar-refractivity contribution is 0.00578. The van der Waals surface area contributed by atoms with Gasteiger partial charge in [0.15, 0.2) is 0 Å². The predicted octanol–water partition coefficient (Wildman–Crippen LogP) is 2.92. The molecule has 1 saturated heterocycles. The second kappa shape index (κ2) is 5.49. The van der Waals surface area contributed by atoms with E-state index in [0.717, 1.165) is 16.6 Å². The van der Waals surface area contributed by atoms with Crippen molar-refractivity contribution in [3.8, 4) is 17.2 Å². The van der Waals surface area contributed by atoms with Crippen molar-refractivity contribution in [2.75, 3.05) is 0 Å². The molecule has 4 nitrogen and oxygen atoms in total. The largest absolute Gasteiger partial charge is 0.496 e. The third-order valence-electron chi connectivity index (χ3n) is 4.64. The molecule has 0 amide bonds. The van der Waals surface area contributed by atoms with E-state index in [1.807, 2.05) is 52.0 Å². The van der Waals surface area contributed by atoms with Gasteiger partial charge >= 0.3 is 7.12 Å². The Labute approximate surface area is 137 Å². The molecule has 0 radical (unpaired) electrons. The van der Waals surface area contributed by atoms with Crippen molar-refractivity contribution in [1.29, 1.82) is 5.26 Å². The first-order valence-corrected chi connectivity index (χ1v) is 7.64. The molecule has 1 aliphatic rings. The second-order valence-electron chi connectivity index (χ2n) is 6.75. The van der Waals surface area contributed by atoms with E-state index in [-0.39, 0.29) is 0 Å². The molecule has 1 aliphatic heterocycles. The van der Waals surface area contributed by atoms with Gasteiger partial charge in [0.05, 0.1) is 22.8 Å². The first-order chi connectivity index (χ1) is 10.8. The van der Waals surface area contributed by atoms with Crippen LogP contribution in [-0.4, -0.2) is 23.3 Å². The minimum atomic E-state index is -0.457. The van der Waals surface area contributed by atoms with E-state index in [1.54, 1.807) is 18.5 Å². The quantitative estimate of drug-likeness (QED) is 0.801. The van der Waals surface area contributed by atoms with Crippen LogP contribution in [0, 0.1) is 11.3 Å². The number of hydrogen-bond donors (Lipinski definition) is 0. The highest BCUT2D eigenvalue weighted by atomic mass is 16.7. The molecule has 1 fully saturated rings. The van der Waals surface area contributed by atoms with Crippen molar-refractivity contribution >= 4 is 12.6 Å². The van der Waals surface area contributed by atoms with Crippen LogP contribution in [-0.2, 0) is 9.31 Å². The highest BCUT2D eigenvalue weighted by Gasteiger charge is 2.51. The maximum absolute atomic E-state index is 9.28. The van der Waals surface area contributed by atoms with E-state index < -0.39 is 18.3 Å². The van der Waals surface area contributed by atoms with E-state index >= 15 is 0 Å². The molecule has 3 rings (SSSR count). The average molecular weight is 306 g/mol. The Morgan fingerprint density at radius 1 is 1.04 bits per heavy atom. The van der Waals surface area contributed by atoms with E-state index in [2.05, 4.69) is 11.1 Å². The van der Waals surface area contributed by atoms with Gasteiger partial charge in [-0.3, -0.25) is 4.98 Å². The minimum absolute atomic E-state index is 0.391. The Morgan fingerprint density at radius 2 is 1.70 bits per heavy atom. The zero-order chi connectivity index (χ0) is 16.7. The Bertz CT molecular complexity index is 765. The Kier molecular flexibility index (Phi) is 3.75. The topological polar surface area (TPSA) is 55.1 Å². The fraction of sp³-hybridized carbons (Fsp3) is 0.333. The van der Waals surface area contributed by atoms with Gasteiger partial charge in [-0.2, -0.15) is 5.26 Å². The Morgan fingerprint density at radius 3 is 2.35 bits per heavy atom. The van der Waals surface area contributed by atoms with Crippen molar-refractivity contribution < 1.29 is 9.31 Å². The predicted molar refractivity (Wildman–Crippen MR) is 90.1 cm³/mol. The summed E-state index contributed by atoms with van der Waals surface area (Å²) >= 11 is 0. The van der Waals surface area contributed by atoms with Crippen LogP contribution < -0.4 is 5.46 Å². The van der Waals surface area contributed by atoms with Crippen LogP contribution in [0.5, 0.6) is 0 Å². The molecule has 2 aromatic rings. The van der Waals surface area contributed by atoms with Gasteiger partial charge in [-0.1, -0.05) is 24.3 Å². The summed E-state index contributed by atoms with van der Waals surface area (Å²) in [6, 6.07) is 11.7. The fourth-order valence-electron chi connectivity index (χ4n) is 2.55. The molecule has 0 unspecified atom stereocenters. The van der Waals surface area contributed by atoms with Crippen molar-refractivity contribution in [2.24, 2.45) is 0 Å². The molecule has 2 heterocycles. The lowest BCUT2D eigenvalue weighted by atomic mass is 9.79. The van der Waals surface area contributed by atoms with Crippen LogP contribution in [0.3, 0.4) is 0 Å². The highest BCUT2D eigenvalue weighted by molar-refractivity contribution is 6.62. The third-order valence-corrected chi connectivity index (χ3v) is 4.64. The summed E-state index contributed by atoms with van der Waals surface area (Å²) in [4.78, 5) is 4.31. The fourth-order valence-corrected chi connectivity index (χ4v) is 2.55. The first kappa shape index (κ1) is 15.7. The summed E-state index contributed by atoms with van der Waals surface area (Å²) in [5, 5.41) is 9.28. The van der Waals surface area contributed by atoms with Gasteiger partial charge in [-0.15, -0.1) is 0 Å². The lowest BCUT2D eigenvalue weighted by Crippen LogP contribution is -2.41. The number of aromatic nitrogens is 1. The molecule has 0 N–H and O–H groups in total. The normalized spacial score (nSPS) is 18.7. The standard InChI is InChI=1S/C18H19BN2O2/c1-17(2)18(3,4)23-19(22-17)15-9-14(11-21-12-15)16-8-6-5-7-13(16)10-20/h5-9,11-12H,1-4H3. The van der Waals surface area contributed by atoms with Gasteiger partial charge < -0.3 is 9.31 Å². The number of nitrogens with zero attached hydrogens (tertiary/aromatic N) is 2. The molecule has 23 heavy (non-hydrogen) atoms. The van der Waals surface area contributed by atoms with Crippen molar-refractivity contribution in [2.45, 2.75) is 38.9 Å². The van der Waals surface area contributed by atoms with Crippen molar-refractivity contribution in [3.63, 3.8) is 0 Å². The van der Waals surface area contributed by atoms with Gasteiger partial charge in [0.1, 0.15) is 0 Å². The smallest absolute Gasteiger partial charge is 0.399 e. The van der Waals surface area contributed by atoms with Gasteiger partial charge in [0, 0.05) is 29.0 Å². The number of nitriles is 1. The molecule has 1 aromatic carbocycles. The summed E-state index contributed by atoms with van der Waals surface area (Å²) in [7, 11) is -0.457. The van der Waals surface area contributed by atoms with Crippen LogP contribution in [0.2, 0.25) is 0 Å². The zero-order valence-corrected chi connectivity index (χ0v) is 13.8. The zero-order valence-electron chi connectivity index (χ0n) is 13.8. The summed E-state index contributed by atoms with van der Waals surface area (Å²) in [6.45, 7) is 8.09. The number of hydrogen-bond acceptors (Lipinski definition) is 4. The molecule has 0 spiro atoms. The molecule has 0 atom stereocenters. The third kappa shape index (κ3) is 2.76. The van der Waals surface area contributed by atoms with Crippen LogP contribution in [0.1, 0.15) is 33.3 Å². The molecule has 116 valence electrons. The first-order valence-electron chi connectivity index (χ1n) is 7.64. The Hall–Kier alpha value is -2.16. The van der Waals surface area contributed by atoms with Crippen molar-refractivity contribution in [1.82, 2.24) is 4.98 Å². The van der Waals surface area contributed by atoms with Crippen LogP contribution >= 0.6 is 0 Å². The molecule has 0 saturated carbocycles. The monoisotopic (exact) mass is 306 g/mol. The Balaban J connectivity index is 1.98. The number of rotatable bonds is 2. The van der Waals surface area contributed by atoms with Gasteiger partial charge in [0.2, 0.25) is 0 Å². The maximum Gasteiger partial charge on any atom is 0.496 e. The van der Waals surface area contributed by atoms with Gasteiger partial charge in [-0.05, 0) is 33.8 Å². The second-order valence-corrected chi connectivity index (χ2v) is 6.75. The molecule has 5 heteroatoms. The van der Waals surface area contributed by atoms with Crippen LogP contribution in [0.15, 0.2) is 42.7 Å². The van der Waals surface area contributed by atoms with Crippen LogP contribution in [0.25, 0.3) is 11.1 Å². The molecular weight excluding hydrogens is 287 g/mol. The number of benzene rings is 1. The van der Waals surface area contributed by atoms with Gasteiger partial charge in [0.25, 0.3) is 0 Å². The van der Waals surface area contributed by atoms with E-state index in [4.69, 9.17) is 9.31 Å². The average Bonchev–Trinajstić information content (AvgIpc) is 2.75. The molecule has 0 aliphatic carbocycles. The van der Waals surface area contributed by atoms with Crippen LogP contribution in [0.4, 0.5) is 0 Å². The van der Waals surface area contributed by atoms with E-state index in [1.165, 1.54) is 0 Å². The van der Waals surface area contributed by atoms with E-state index in [9.17, 15) is 5.26 Å². The van der Waals surface area contributed by atoms with E-state index in [0.29, 0.717) is 5.56 Å². The highest BCUT2D eigenvalue weighted by Crippen LogP contribution is 2.36. The summed E-state index contributed by atoms with van der Waals surface area (Å²) in [5.41, 5.74) is 2.45. The van der Waals surface area contributed by atoms with Crippen molar-refractivity contribution in [3.05, 3.63) is 48.3 Å². The summed E-state index contributed by atoms with van der Waals surface area (Å²) in [6.07, 6.45) is 3.51. The SMILES string of the molecule is CC1(C)OB(c2cncc(-c3ccccc3C#N)c2)OC1(C)C. The van der Waals surface area contributed by atoms with Gasteiger partial charge in [-0.25, -0.2) is 0 Å². The minimum Gasteiger partial charge on any atom is -0.399 e. The number of pyridine rings is 1. The maximum atomic E-state index is 9.28. The molecule has 1 aromatic heterocycles. The molecule has 0 bridgehead atoms. The summed E-state index contributed by atoms with van der Waals surface area (Å²) in [5.74, 6) is 0. The summed E-state index contributed by atoms with van der Waals surface area (Å²) < 4.78 is 12.1. The molecular formula is C18H19BN2O2. The lowest BCUT2D eigenvalue weighted by Gasteiger charge is -2.32.